The molecule has 0 saturated carbocycles. The maximum absolute atomic E-state index is 11.3. The van der Waals surface area contributed by atoms with E-state index in [2.05, 4.69) is 0 Å². The van der Waals surface area contributed by atoms with Gasteiger partial charge in [-0.2, -0.15) is 0 Å². The minimum absolute atomic E-state index is 0.199. The summed E-state index contributed by atoms with van der Waals surface area (Å²) in [5, 5.41) is 9.28. The topological polar surface area (TPSA) is 86.0 Å². The second-order valence-electron chi connectivity index (χ2n) is 4.26. The first-order valence-electron chi connectivity index (χ1n) is 5.76. The van der Waals surface area contributed by atoms with Gasteiger partial charge in [-0.05, 0) is 18.6 Å². The molecule has 2 rings (SSSR count). The standard InChI is InChI=1S/C13H14O6/c1-7(3-9-4-10(14)13(16)18-9)11-5-8(17-2)6-12(15)19-11/h3,5-6,9-10,14H,4H2,1-2H3/t9-,10+/m0/s1. The zero-order valence-electron chi connectivity index (χ0n) is 10.6. The SMILES string of the molecule is COc1cc(C(C)=C[C@H]2C[C@@H](O)C(=O)O2)oc(=O)c1. The van der Waals surface area contributed by atoms with Crippen molar-refractivity contribution in [3.05, 3.63) is 34.4 Å². The van der Waals surface area contributed by atoms with Crippen molar-refractivity contribution in [1.82, 2.24) is 0 Å². The van der Waals surface area contributed by atoms with E-state index in [4.69, 9.17) is 13.9 Å². The molecule has 0 amide bonds. The van der Waals surface area contributed by atoms with E-state index >= 15 is 0 Å². The first kappa shape index (κ1) is 13.4. The first-order valence-corrected chi connectivity index (χ1v) is 5.76. The van der Waals surface area contributed by atoms with Crippen molar-refractivity contribution in [2.45, 2.75) is 25.6 Å². The Bertz CT molecular complexity index is 571. The minimum Gasteiger partial charge on any atom is -0.496 e. The molecule has 1 aliphatic rings. The van der Waals surface area contributed by atoms with Crippen LogP contribution in [-0.4, -0.2) is 30.4 Å². The van der Waals surface area contributed by atoms with E-state index in [0.717, 1.165) is 0 Å². The Morgan fingerprint density at radius 1 is 1.47 bits per heavy atom. The average Bonchev–Trinajstić information content (AvgIpc) is 2.67. The Labute approximate surface area is 109 Å². The molecule has 1 aromatic heterocycles. The molecule has 1 N–H and O–H groups in total. The number of methoxy groups -OCH3 is 1. The molecule has 19 heavy (non-hydrogen) atoms. The molecule has 6 nitrogen and oxygen atoms in total. The zero-order chi connectivity index (χ0) is 14.0. The Balaban J connectivity index is 2.24. The number of carbonyl (C=O) groups is 1. The monoisotopic (exact) mass is 266 g/mol. The van der Waals surface area contributed by atoms with Crippen LogP contribution in [0.25, 0.3) is 5.57 Å². The Hall–Kier alpha value is -2.08. The number of cyclic esters (lactones) is 1. The van der Waals surface area contributed by atoms with Gasteiger partial charge in [-0.1, -0.05) is 0 Å². The number of hydrogen-bond acceptors (Lipinski definition) is 6. The number of esters is 1. The van der Waals surface area contributed by atoms with E-state index in [1.165, 1.54) is 13.2 Å². The van der Waals surface area contributed by atoms with Crippen molar-refractivity contribution in [3.63, 3.8) is 0 Å². The molecule has 2 atom stereocenters. The number of carbonyl (C=O) groups excluding carboxylic acids is 1. The smallest absolute Gasteiger partial charge is 0.339 e. The summed E-state index contributed by atoms with van der Waals surface area (Å²) in [5.74, 6) is 0.0883. The summed E-state index contributed by atoms with van der Waals surface area (Å²) in [7, 11) is 1.45. The number of rotatable bonds is 3. The van der Waals surface area contributed by atoms with Crippen LogP contribution in [0.15, 0.2) is 27.4 Å². The minimum atomic E-state index is -1.09. The highest BCUT2D eigenvalue weighted by Gasteiger charge is 2.31. The van der Waals surface area contributed by atoms with E-state index in [-0.39, 0.29) is 6.42 Å². The summed E-state index contributed by atoms with van der Waals surface area (Å²) < 4.78 is 15.0. The van der Waals surface area contributed by atoms with E-state index < -0.39 is 23.8 Å². The Morgan fingerprint density at radius 2 is 2.21 bits per heavy atom. The highest BCUT2D eigenvalue weighted by Crippen LogP contribution is 2.22. The lowest BCUT2D eigenvalue weighted by molar-refractivity contribution is -0.146. The molecule has 0 radical (unpaired) electrons. The third-order valence-corrected chi connectivity index (χ3v) is 2.80. The van der Waals surface area contributed by atoms with Crippen molar-refractivity contribution in [2.75, 3.05) is 7.11 Å². The summed E-state index contributed by atoms with van der Waals surface area (Å²) in [6, 6.07) is 2.80. The summed E-state index contributed by atoms with van der Waals surface area (Å²) in [4.78, 5) is 22.4. The lowest BCUT2D eigenvalue weighted by Gasteiger charge is -2.06. The molecule has 0 aromatic carbocycles. The fourth-order valence-corrected chi connectivity index (χ4v) is 1.82. The zero-order valence-corrected chi connectivity index (χ0v) is 10.6. The van der Waals surface area contributed by atoms with Crippen LogP contribution in [0, 0.1) is 0 Å². The van der Waals surface area contributed by atoms with Crippen molar-refractivity contribution in [3.8, 4) is 5.75 Å². The highest BCUT2D eigenvalue weighted by molar-refractivity contribution is 5.77. The summed E-state index contributed by atoms with van der Waals surface area (Å²) >= 11 is 0. The van der Waals surface area contributed by atoms with Gasteiger partial charge in [0.05, 0.1) is 13.2 Å². The van der Waals surface area contributed by atoms with Crippen LogP contribution in [0.2, 0.25) is 0 Å². The molecule has 0 aliphatic carbocycles. The van der Waals surface area contributed by atoms with Gasteiger partial charge in [0.1, 0.15) is 17.6 Å². The predicted octanol–water partition coefficient (Wildman–Crippen LogP) is 0.728. The van der Waals surface area contributed by atoms with E-state index in [1.54, 1.807) is 19.1 Å². The normalized spacial score (nSPS) is 23.3. The Morgan fingerprint density at radius 3 is 2.79 bits per heavy atom. The van der Waals surface area contributed by atoms with Crippen LogP contribution in [0.4, 0.5) is 0 Å². The lowest BCUT2D eigenvalue weighted by atomic mass is 10.1. The van der Waals surface area contributed by atoms with Crippen LogP contribution in [0.1, 0.15) is 19.1 Å². The fraction of sp³-hybridized carbons (Fsp3) is 0.385. The van der Waals surface area contributed by atoms with Crippen LogP contribution in [0.5, 0.6) is 5.75 Å². The molecule has 6 heteroatoms. The van der Waals surface area contributed by atoms with Gasteiger partial charge < -0.3 is 19.0 Å². The van der Waals surface area contributed by atoms with Gasteiger partial charge in [0, 0.05) is 12.5 Å². The van der Waals surface area contributed by atoms with Crippen molar-refractivity contribution in [2.24, 2.45) is 0 Å². The molecule has 0 unspecified atom stereocenters. The van der Waals surface area contributed by atoms with Crippen LogP contribution < -0.4 is 10.4 Å². The van der Waals surface area contributed by atoms with Gasteiger partial charge >= 0.3 is 11.6 Å². The molecular formula is C13H14O6. The number of aliphatic hydroxyl groups is 1. The predicted molar refractivity (Wildman–Crippen MR) is 65.7 cm³/mol. The molecule has 0 bridgehead atoms. The van der Waals surface area contributed by atoms with Gasteiger partial charge in [-0.25, -0.2) is 9.59 Å². The number of hydrogen-bond donors (Lipinski definition) is 1. The summed E-state index contributed by atoms with van der Waals surface area (Å²) in [6.45, 7) is 1.72. The first-order chi connectivity index (χ1) is 8.99. The third kappa shape index (κ3) is 3.03. The molecule has 0 spiro atoms. The molecule has 102 valence electrons. The molecular weight excluding hydrogens is 252 g/mol. The summed E-state index contributed by atoms with van der Waals surface area (Å²) in [5.41, 5.74) is 0.105. The van der Waals surface area contributed by atoms with Crippen molar-refractivity contribution >= 4 is 11.5 Å². The van der Waals surface area contributed by atoms with E-state index in [0.29, 0.717) is 17.1 Å². The van der Waals surface area contributed by atoms with Gasteiger partial charge in [-0.3, -0.25) is 0 Å². The second-order valence-corrected chi connectivity index (χ2v) is 4.26. The Kier molecular flexibility index (Phi) is 3.71. The number of ether oxygens (including phenoxy) is 2. The molecule has 1 fully saturated rings. The second kappa shape index (κ2) is 5.27. The van der Waals surface area contributed by atoms with Gasteiger partial charge in [-0.15, -0.1) is 0 Å². The van der Waals surface area contributed by atoms with Crippen LogP contribution >= 0.6 is 0 Å². The van der Waals surface area contributed by atoms with Gasteiger partial charge in [0.25, 0.3) is 0 Å². The quantitative estimate of drug-likeness (QED) is 0.812. The van der Waals surface area contributed by atoms with Crippen molar-refractivity contribution < 1.29 is 23.8 Å². The van der Waals surface area contributed by atoms with Crippen LogP contribution in [0.3, 0.4) is 0 Å². The molecule has 2 heterocycles. The fourth-order valence-electron chi connectivity index (χ4n) is 1.82. The highest BCUT2D eigenvalue weighted by atomic mass is 16.6. The van der Waals surface area contributed by atoms with Gasteiger partial charge in [0.15, 0.2) is 6.10 Å². The van der Waals surface area contributed by atoms with Gasteiger partial charge in [0.2, 0.25) is 0 Å². The summed E-state index contributed by atoms with van der Waals surface area (Å²) in [6.07, 6.45) is 0.223. The average molecular weight is 266 g/mol. The van der Waals surface area contributed by atoms with E-state index in [1.807, 2.05) is 0 Å². The van der Waals surface area contributed by atoms with Crippen molar-refractivity contribution in [1.29, 1.82) is 0 Å². The maximum atomic E-state index is 11.3. The van der Waals surface area contributed by atoms with Crippen LogP contribution in [-0.2, 0) is 9.53 Å². The van der Waals surface area contributed by atoms with E-state index in [9.17, 15) is 14.7 Å². The molecule has 1 saturated heterocycles. The molecule has 1 aromatic rings. The molecule has 1 aliphatic heterocycles. The third-order valence-electron chi connectivity index (χ3n) is 2.80. The maximum Gasteiger partial charge on any atom is 0.339 e. The largest absolute Gasteiger partial charge is 0.496 e. The number of aliphatic hydroxyl groups excluding tert-OH is 1. The number of allylic oxidation sites excluding steroid dienone is 1. The lowest BCUT2D eigenvalue weighted by Crippen LogP contribution is -2.11.